The second kappa shape index (κ2) is 5.19. The Morgan fingerprint density at radius 3 is 2.53 bits per heavy atom. The van der Waals surface area contributed by atoms with Crippen LogP contribution in [-0.4, -0.2) is 29.3 Å². The van der Waals surface area contributed by atoms with Crippen LogP contribution in [0.2, 0.25) is 0 Å². The molecule has 0 aliphatic carbocycles. The zero-order valence-electron chi connectivity index (χ0n) is 11.6. The molecule has 104 valence electrons. The molecule has 0 radical (unpaired) electrons. The van der Waals surface area contributed by atoms with Crippen molar-refractivity contribution < 1.29 is 13.9 Å². The van der Waals surface area contributed by atoms with Gasteiger partial charge >= 0.3 is 6.09 Å². The molecular formula is C15H20FNO2. The molecule has 4 heteroatoms. The molecule has 1 aromatic carbocycles. The molecular weight excluding hydrogens is 245 g/mol. The summed E-state index contributed by atoms with van der Waals surface area (Å²) in [6.45, 7) is 5.54. The molecule has 1 heterocycles. The van der Waals surface area contributed by atoms with E-state index in [4.69, 9.17) is 4.74 Å². The molecule has 0 spiro atoms. The summed E-state index contributed by atoms with van der Waals surface area (Å²) in [6, 6.07) is 9.30. The average molecular weight is 265 g/mol. The van der Waals surface area contributed by atoms with E-state index in [1.54, 1.807) is 0 Å². The number of likely N-dealkylation sites (tertiary alicyclic amines) is 1. The van der Waals surface area contributed by atoms with Crippen molar-refractivity contribution in [2.24, 2.45) is 0 Å². The second-order valence-electron chi connectivity index (χ2n) is 5.89. The number of rotatable bonds is 1. The van der Waals surface area contributed by atoms with E-state index in [0.29, 0.717) is 6.42 Å². The van der Waals surface area contributed by atoms with Gasteiger partial charge < -0.3 is 4.74 Å². The number of halogens is 1. The van der Waals surface area contributed by atoms with Crippen molar-refractivity contribution in [3.05, 3.63) is 35.9 Å². The van der Waals surface area contributed by atoms with Crippen LogP contribution < -0.4 is 0 Å². The van der Waals surface area contributed by atoms with Crippen molar-refractivity contribution in [3.63, 3.8) is 0 Å². The van der Waals surface area contributed by atoms with E-state index in [1.807, 2.05) is 51.1 Å². The van der Waals surface area contributed by atoms with Crippen LogP contribution in [-0.2, 0) is 4.74 Å². The summed E-state index contributed by atoms with van der Waals surface area (Å²) in [4.78, 5) is 13.6. The summed E-state index contributed by atoms with van der Waals surface area (Å²) in [5.41, 5.74) is 0.390. The molecule has 1 fully saturated rings. The lowest BCUT2D eigenvalue weighted by molar-refractivity contribution is 0.0216. The lowest BCUT2D eigenvalue weighted by atomic mass is 10.0. The molecule has 1 amide bonds. The zero-order chi connectivity index (χ0) is 14.0. The van der Waals surface area contributed by atoms with Gasteiger partial charge in [-0.05, 0) is 26.3 Å². The molecule has 2 atom stereocenters. The van der Waals surface area contributed by atoms with Crippen LogP contribution in [0.25, 0.3) is 0 Å². The molecule has 0 N–H and O–H groups in total. The highest BCUT2D eigenvalue weighted by molar-refractivity contribution is 5.69. The SMILES string of the molecule is CC(C)(C)OC(=O)N1CC(F)CC1c1ccccc1. The zero-order valence-corrected chi connectivity index (χ0v) is 11.6. The first kappa shape index (κ1) is 13.8. The Labute approximate surface area is 113 Å². The van der Waals surface area contributed by atoms with E-state index in [9.17, 15) is 9.18 Å². The van der Waals surface area contributed by atoms with Crippen LogP contribution in [0.15, 0.2) is 30.3 Å². The van der Waals surface area contributed by atoms with Gasteiger partial charge in [0.1, 0.15) is 11.8 Å². The summed E-state index contributed by atoms with van der Waals surface area (Å²) in [6.07, 6.45) is -1.09. The van der Waals surface area contributed by atoms with Crippen molar-refractivity contribution >= 4 is 6.09 Å². The van der Waals surface area contributed by atoms with E-state index in [1.165, 1.54) is 4.90 Å². The second-order valence-corrected chi connectivity index (χ2v) is 5.89. The van der Waals surface area contributed by atoms with Crippen molar-refractivity contribution in [2.45, 2.75) is 45.0 Å². The number of ether oxygens (including phenoxy) is 1. The maximum absolute atomic E-state index is 13.7. The first-order valence-corrected chi connectivity index (χ1v) is 6.55. The van der Waals surface area contributed by atoms with Crippen LogP contribution in [0.3, 0.4) is 0 Å². The number of hydrogen-bond donors (Lipinski definition) is 0. The van der Waals surface area contributed by atoms with Gasteiger partial charge in [-0.25, -0.2) is 9.18 Å². The van der Waals surface area contributed by atoms with Gasteiger partial charge in [-0.3, -0.25) is 4.90 Å². The Morgan fingerprint density at radius 2 is 1.95 bits per heavy atom. The van der Waals surface area contributed by atoms with E-state index >= 15 is 0 Å². The average Bonchev–Trinajstić information content (AvgIpc) is 2.70. The quantitative estimate of drug-likeness (QED) is 0.774. The maximum atomic E-state index is 13.7. The van der Waals surface area contributed by atoms with Gasteiger partial charge in [0.15, 0.2) is 0 Å². The maximum Gasteiger partial charge on any atom is 0.410 e. The topological polar surface area (TPSA) is 29.5 Å². The molecule has 0 aromatic heterocycles. The van der Waals surface area contributed by atoms with Gasteiger partial charge in [-0.1, -0.05) is 30.3 Å². The van der Waals surface area contributed by atoms with Gasteiger partial charge in [-0.2, -0.15) is 0 Å². The Morgan fingerprint density at radius 1 is 1.32 bits per heavy atom. The molecule has 1 saturated heterocycles. The number of carbonyl (C=O) groups is 1. The van der Waals surface area contributed by atoms with E-state index < -0.39 is 17.9 Å². The molecule has 3 nitrogen and oxygen atoms in total. The smallest absolute Gasteiger partial charge is 0.410 e. The molecule has 0 bridgehead atoms. The highest BCUT2D eigenvalue weighted by Gasteiger charge is 2.38. The third-order valence-corrected chi connectivity index (χ3v) is 3.06. The van der Waals surface area contributed by atoms with Gasteiger partial charge in [-0.15, -0.1) is 0 Å². The summed E-state index contributed by atoms with van der Waals surface area (Å²) in [5.74, 6) is 0. The number of alkyl halides is 1. The fourth-order valence-electron chi connectivity index (χ4n) is 2.30. The molecule has 1 aliphatic rings. The minimum absolute atomic E-state index is 0.106. The molecule has 2 rings (SSSR count). The molecule has 1 aromatic rings. The minimum Gasteiger partial charge on any atom is -0.444 e. The summed E-state index contributed by atoms with van der Waals surface area (Å²) in [7, 11) is 0. The van der Waals surface area contributed by atoms with E-state index in [2.05, 4.69) is 0 Å². The normalized spacial score (nSPS) is 23.5. The lowest BCUT2D eigenvalue weighted by Gasteiger charge is -2.28. The van der Waals surface area contributed by atoms with Gasteiger partial charge in [0.2, 0.25) is 0 Å². The standard InChI is InChI=1S/C15H20FNO2/c1-15(2,3)19-14(18)17-10-12(16)9-13(17)11-7-5-4-6-8-11/h4-8,12-13H,9-10H2,1-3H3. The van der Waals surface area contributed by atoms with Crippen LogP contribution in [0.1, 0.15) is 38.8 Å². The third kappa shape index (κ3) is 3.46. The predicted molar refractivity (Wildman–Crippen MR) is 71.6 cm³/mol. The fourth-order valence-corrected chi connectivity index (χ4v) is 2.30. The fraction of sp³-hybridized carbons (Fsp3) is 0.533. The van der Waals surface area contributed by atoms with Gasteiger partial charge in [0, 0.05) is 6.42 Å². The number of nitrogens with zero attached hydrogens (tertiary/aromatic N) is 1. The molecule has 0 saturated carbocycles. The lowest BCUT2D eigenvalue weighted by Crippen LogP contribution is -2.36. The Bertz CT molecular complexity index is 441. The summed E-state index contributed by atoms with van der Waals surface area (Å²) >= 11 is 0. The van der Waals surface area contributed by atoms with Crippen molar-refractivity contribution in [1.82, 2.24) is 4.90 Å². The molecule has 2 unspecified atom stereocenters. The van der Waals surface area contributed by atoms with E-state index in [-0.39, 0.29) is 12.6 Å². The minimum atomic E-state index is -0.988. The first-order chi connectivity index (χ1) is 8.87. The van der Waals surface area contributed by atoms with Crippen LogP contribution in [0.5, 0.6) is 0 Å². The van der Waals surface area contributed by atoms with Crippen molar-refractivity contribution in [3.8, 4) is 0 Å². The first-order valence-electron chi connectivity index (χ1n) is 6.55. The Balaban J connectivity index is 2.16. The predicted octanol–water partition coefficient (Wildman–Crippen LogP) is 3.71. The number of benzene rings is 1. The third-order valence-electron chi connectivity index (χ3n) is 3.06. The number of carbonyl (C=O) groups excluding carboxylic acids is 1. The van der Waals surface area contributed by atoms with Gasteiger partial charge in [0.25, 0.3) is 0 Å². The Hall–Kier alpha value is -1.58. The Kier molecular flexibility index (Phi) is 3.78. The van der Waals surface area contributed by atoms with Crippen LogP contribution in [0, 0.1) is 0 Å². The largest absolute Gasteiger partial charge is 0.444 e. The van der Waals surface area contributed by atoms with E-state index in [0.717, 1.165) is 5.56 Å². The number of amides is 1. The summed E-state index contributed by atoms with van der Waals surface area (Å²) < 4.78 is 19.0. The van der Waals surface area contributed by atoms with Crippen molar-refractivity contribution in [1.29, 1.82) is 0 Å². The van der Waals surface area contributed by atoms with Crippen LogP contribution >= 0.6 is 0 Å². The highest BCUT2D eigenvalue weighted by atomic mass is 19.1. The van der Waals surface area contributed by atoms with Crippen molar-refractivity contribution in [2.75, 3.05) is 6.54 Å². The number of hydrogen-bond acceptors (Lipinski definition) is 2. The highest BCUT2D eigenvalue weighted by Crippen LogP contribution is 2.34. The van der Waals surface area contributed by atoms with Crippen LogP contribution in [0.4, 0.5) is 9.18 Å². The van der Waals surface area contributed by atoms with Gasteiger partial charge in [0.05, 0.1) is 12.6 Å². The molecule has 1 aliphatic heterocycles. The summed E-state index contributed by atoms with van der Waals surface area (Å²) in [5, 5.41) is 0. The molecule has 19 heavy (non-hydrogen) atoms. The monoisotopic (exact) mass is 265 g/mol.